The number of fused-ring (bicyclic) bond motifs is 1. The molecule has 0 spiro atoms. The molecule has 2 saturated heterocycles. The summed E-state index contributed by atoms with van der Waals surface area (Å²) in [5.41, 5.74) is 1.87. The van der Waals surface area contributed by atoms with Crippen LogP contribution in [0.4, 0.5) is 0 Å². The fourth-order valence-corrected chi connectivity index (χ4v) is 5.95. The molecular formula is C24H28N4O5S. The van der Waals surface area contributed by atoms with Crippen molar-refractivity contribution in [1.29, 1.82) is 0 Å². The maximum Gasteiger partial charge on any atom is 0.326 e. The van der Waals surface area contributed by atoms with Crippen molar-refractivity contribution in [2.75, 3.05) is 26.2 Å². The quantitative estimate of drug-likeness (QED) is 0.557. The zero-order valence-corrected chi connectivity index (χ0v) is 19.6. The summed E-state index contributed by atoms with van der Waals surface area (Å²) >= 11 is 0. The molecule has 3 heterocycles. The molecule has 34 heavy (non-hydrogen) atoms. The van der Waals surface area contributed by atoms with Crippen molar-refractivity contribution < 1.29 is 17.9 Å². The predicted molar refractivity (Wildman–Crippen MR) is 127 cm³/mol. The Bertz CT molecular complexity index is 1350. The second kappa shape index (κ2) is 9.36. The number of sulfonamides is 1. The van der Waals surface area contributed by atoms with Gasteiger partial charge in [-0.15, -0.1) is 0 Å². The number of nitrogens with zero attached hydrogens (tertiary/aromatic N) is 2. The van der Waals surface area contributed by atoms with E-state index in [1.165, 1.54) is 12.1 Å². The zero-order valence-electron chi connectivity index (χ0n) is 18.8. The number of para-hydroxylation sites is 2. The molecule has 5 rings (SSSR count). The van der Waals surface area contributed by atoms with Crippen molar-refractivity contribution in [1.82, 2.24) is 19.2 Å². The van der Waals surface area contributed by atoms with Crippen LogP contribution in [-0.2, 0) is 14.8 Å². The number of carbonyl (C=O) groups excluding carboxylic acids is 1. The molecule has 9 nitrogen and oxygen atoms in total. The number of amides is 1. The van der Waals surface area contributed by atoms with E-state index in [2.05, 4.69) is 9.71 Å². The van der Waals surface area contributed by atoms with Gasteiger partial charge >= 0.3 is 5.69 Å². The first kappa shape index (κ1) is 22.8. The van der Waals surface area contributed by atoms with Crippen LogP contribution in [0.2, 0.25) is 0 Å². The first-order valence-electron chi connectivity index (χ1n) is 11.6. The minimum atomic E-state index is -3.74. The molecule has 2 aliphatic rings. The fraction of sp³-hybridized carbons (Fsp3) is 0.417. The molecule has 0 radical (unpaired) electrons. The highest BCUT2D eigenvalue weighted by Crippen LogP contribution is 2.26. The summed E-state index contributed by atoms with van der Waals surface area (Å²) in [6.07, 6.45) is 2.96. The van der Waals surface area contributed by atoms with Crippen LogP contribution in [0.1, 0.15) is 42.1 Å². The molecule has 2 aliphatic heterocycles. The van der Waals surface area contributed by atoms with E-state index < -0.39 is 10.0 Å². The summed E-state index contributed by atoms with van der Waals surface area (Å²) in [6.45, 7) is 1.86. The Morgan fingerprint density at radius 1 is 1.09 bits per heavy atom. The molecule has 180 valence electrons. The van der Waals surface area contributed by atoms with Gasteiger partial charge in [0, 0.05) is 37.8 Å². The molecule has 10 heteroatoms. The minimum Gasteiger partial charge on any atom is -0.377 e. The Kier molecular flexibility index (Phi) is 6.28. The van der Waals surface area contributed by atoms with E-state index in [9.17, 15) is 18.0 Å². The van der Waals surface area contributed by atoms with Gasteiger partial charge < -0.3 is 14.6 Å². The van der Waals surface area contributed by atoms with Gasteiger partial charge in [-0.1, -0.05) is 18.2 Å². The molecular weight excluding hydrogens is 456 g/mol. The normalized spacial score (nSPS) is 19.6. The van der Waals surface area contributed by atoms with Gasteiger partial charge in [0.15, 0.2) is 0 Å². The summed E-state index contributed by atoms with van der Waals surface area (Å²) in [5.74, 6) is -0.208. The molecule has 0 bridgehead atoms. The topological polar surface area (TPSA) is 113 Å². The number of benzene rings is 2. The van der Waals surface area contributed by atoms with Crippen LogP contribution in [0.15, 0.2) is 58.2 Å². The molecule has 2 N–H and O–H groups in total. The van der Waals surface area contributed by atoms with Gasteiger partial charge in [0.1, 0.15) is 0 Å². The number of likely N-dealkylation sites (tertiary alicyclic amines) is 1. The van der Waals surface area contributed by atoms with Gasteiger partial charge in [-0.3, -0.25) is 9.36 Å². The Morgan fingerprint density at radius 3 is 2.65 bits per heavy atom. The van der Waals surface area contributed by atoms with Gasteiger partial charge in [-0.2, -0.15) is 0 Å². The monoisotopic (exact) mass is 484 g/mol. The van der Waals surface area contributed by atoms with E-state index in [0.29, 0.717) is 38.1 Å². The molecule has 1 amide bonds. The molecule has 0 aliphatic carbocycles. The number of ether oxygens (including phenoxy) is 1. The largest absolute Gasteiger partial charge is 0.377 e. The van der Waals surface area contributed by atoms with Crippen molar-refractivity contribution in [3.63, 3.8) is 0 Å². The lowest BCUT2D eigenvalue weighted by Crippen LogP contribution is -2.40. The Hall–Kier alpha value is -2.95. The second-order valence-electron chi connectivity index (χ2n) is 8.86. The zero-order chi connectivity index (χ0) is 23.7. The minimum absolute atomic E-state index is 0.00131. The van der Waals surface area contributed by atoms with Crippen LogP contribution in [0.5, 0.6) is 0 Å². The standard InChI is InChI=1S/C24H28N4O5S/c29-23(17-5-3-7-20(15-17)34(31,32)25-16-19-6-4-14-33-19)27-12-10-18(11-13-27)28-22-9-2-1-8-21(22)26-24(28)30/h1-3,5,7-9,15,18-19,25H,4,6,10-14,16H2,(H,26,30). The van der Waals surface area contributed by atoms with E-state index in [0.717, 1.165) is 23.9 Å². The number of H-pyrrole nitrogens is 1. The molecule has 1 aromatic heterocycles. The van der Waals surface area contributed by atoms with Crippen LogP contribution >= 0.6 is 0 Å². The van der Waals surface area contributed by atoms with Crippen molar-refractivity contribution in [3.05, 3.63) is 64.6 Å². The number of rotatable bonds is 6. The maximum atomic E-state index is 13.1. The Morgan fingerprint density at radius 2 is 1.88 bits per heavy atom. The summed E-state index contributed by atoms with van der Waals surface area (Å²) in [4.78, 5) is 30.3. The predicted octanol–water partition coefficient (Wildman–Crippen LogP) is 2.26. The highest BCUT2D eigenvalue weighted by molar-refractivity contribution is 7.89. The molecule has 1 atom stereocenters. The van der Waals surface area contributed by atoms with Gasteiger partial charge in [0.2, 0.25) is 10.0 Å². The van der Waals surface area contributed by atoms with Crippen LogP contribution < -0.4 is 10.4 Å². The Balaban J connectivity index is 1.26. The Labute approximate surface area is 197 Å². The van der Waals surface area contributed by atoms with Crippen molar-refractivity contribution in [3.8, 4) is 0 Å². The molecule has 0 saturated carbocycles. The maximum absolute atomic E-state index is 13.1. The van der Waals surface area contributed by atoms with Crippen LogP contribution in [-0.4, -0.2) is 61.1 Å². The van der Waals surface area contributed by atoms with Crippen LogP contribution in [0.3, 0.4) is 0 Å². The van der Waals surface area contributed by atoms with Gasteiger partial charge in [-0.05, 0) is 56.0 Å². The lowest BCUT2D eigenvalue weighted by Gasteiger charge is -2.32. The van der Waals surface area contributed by atoms with Gasteiger partial charge in [0.05, 0.1) is 22.0 Å². The molecule has 1 unspecified atom stereocenters. The van der Waals surface area contributed by atoms with Crippen LogP contribution in [0.25, 0.3) is 11.0 Å². The number of aromatic nitrogens is 2. The molecule has 2 aromatic carbocycles. The number of imidazole rings is 1. The van der Waals surface area contributed by atoms with Crippen molar-refractivity contribution in [2.45, 2.75) is 42.7 Å². The van der Waals surface area contributed by atoms with E-state index in [4.69, 9.17) is 4.74 Å². The van der Waals surface area contributed by atoms with E-state index in [-0.39, 0.29) is 35.2 Å². The summed E-state index contributed by atoms with van der Waals surface area (Å²) in [5, 5.41) is 0. The SMILES string of the molecule is O=C(c1cccc(S(=O)(=O)NCC2CCCO2)c1)N1CCC(n2c(=O)[nH]c3ccccc32)CC1. The van der Waals surface area contributed by atoms with Crippen LogP contribution in [0, 0.1) is 0 Å². The molecule has 3 aromatic rings. The number of carbonyl (C=O) groups is 1. The third-order valence-electron chi connectivity index (χ3n) is 6.66. The van der Waals surface area contributed by atoms with Crippen molar-refractivity contribution in [2.24, 2.45) is 0 Å². The first-order chi connectivity index (χ1) is 16.4. The second-order valence-corrected chi connectivity index (χ2v) is 10.6. The number of aromatic amines is 1. The number of nitrogens with one attached hydrogen (secondary N) is 2. The average Bonchev–Trinajstić information content (AvgIpc) is 3.49. The van der Waals surface area contributed by atoms with E-state index in [1.807, 2.05) is 24.3 Å². The van der Waals surface area contributed by atoms with E-state index in [1.54, 1.807) is 21.6 Å². The average molecular weight is 485 g/mol. The fourth-order valence-electron chi connectivity index (χ4n) is 4.83. The third kappa shape index (κ3) is 4.53. The smallest absolute Gasteiger partial charge is 0.326 e. The lowest BCUT2D eigenvalue weighted by atomic mass is 10.0. The summed E-state index contributed by atoms with van der Waals surface area (Å²) < 4.78 is 35.3. The number of piperidine rings is 1. The first-order valence-corrected chi connectivity index (χ1v) is 13.1. The number of hydrogen-bond donors (Lipinski definition) is 2. The van der Waals surface area contributed by atoms with E-state index >= 15 is 0 Å². The van der Waals surface area contributed by atoms with Crippen molar-refractivity contribution >= 4 is 27.0 Å². The number of hydrogen-bond acceptors (Lipinski definition) is 5. The summed E-state index contributed by atoms with van der Waals surface area (Å²) in [6, 6.07) is 13.7. The van der Waals surface area contributed by atoms with Gasteiger partial charge in [-0.25, -0.2) is 17.9 Å². The van der Waals surface area contributed by atoms with Gasteiger partial charge in [0.25, 0.3) is 5.91 Å². The lowest BCUT2D eigenvalue weighted by molar-refractivity contribution is 0.0694. The highest BCUT2D eigenvalue weighted by atomic mass is 32.2. The third-order valence-corrected chi connectivity index (χ3v) is 8.08. The summed E-state index contributed by atoms with van der Waals surface area (Å²) in [7, 11) is -3.74. The molecule has 2 fully saturated rings. The highest BCUT2D eigenvalue weighted by Gasteiger charge is 2.27.